The van der Waals surface area contributed by atoms with Crippen LogP contribution < -0.4 is 5.32 Å². The average molecular weight is 271 g/mol. The monoisotopic (exact) mass is 271 g/mol. The van der Waals surface area contributed by atoms with Crippen LogP contribution in [0, 0.1) is 11.3 Å². The molecule has 110 valence electrons. The smallest absolute Gasteiger partial charge is 0.383 e. The van der Waals surface area contributed by atoms with Crippen molar-refractivity contribution in [3.8, 4) is 0 Å². The average Bonchev–Trinajstić information content (AvgIpc) is 2.18. The topological polar surface area (TPSA) is 30.5 Å². The molecule has 0 amide bonds. The van der Waals surface area contributed by atoms with Crippen LogP contribution in [0.2, 0.25) is 0 Å². The molecule has 1 atom stereocenters. The zero-order valence-electron chi connectivity index (χ0n) is 11.6. The molecule has 0 bridgehead atoms. The van der Waals surface area contributed by atoms with Gasteiger partial charge in [0, 0.05) is 20.2 Å². The zero-order valence-corrected chi connectivity index (χ0v) is 11.6. The van der Waals surface area contributed by atoms with E-state index in [-0.39, 0.29) is 17.9 Å². The molecule has 18 heavy (non-hydrogen) atoms. The molecular formula is C12H24F3NO2. The Labute approximate surface area is 107 Å². The Balaban J connectivity index is 4.01. The molecule has 0 rings (SSSR count). The van der Waals surface area contributed by atoms with Crippen LogP contribution in [0.15, 0.2) is 0 Å². The number of nitrogens with one attached hydrogen (secondary N) is 1. The third-order valence-corrected chi connectivity index (χ3v) is 2.68. The molecule has 0 saturated carbocycles. The first kappa shape index (κ1) is 17.7. The fourth-order valence-corrected chi connectivity index (χ4v) is 1.38. The summed E-state index contributed by atoms with van der Waals surface area (Å²) in [5.74, 6) is 0.0247. The van der Waals surface area contributed by atoms with Gasteiger partial charge in [-0.2, -0.15) is 13.2 Å². The van der Waals surface area contributed by atoms with Crippen LogP contribution in [0.25, 0.3) is 0 Å². The number of hydrogen-bond acceptors (Lipinski definition) is 3. The first-order valence-corrected chi connectivity index (χ1v) is 6.01. The van der Waals surface area contributed by atoms with E-state index in [2.05, 4.69) is 5.32 Å². The standard InChI is InChI=1S/C12H24F3NO2/c1-11(2,3)10(7-16-5-6-17-4)8-18-9-12(13,14)15/h10,16H,5-9H2,1-4H3. The number of rotatable bonds is 8. The van der Waals surface area contributed by atoms with Crippen molar-refractivity contribution in [2.24, 2.45) is 11.3 Å². The van der Waals surface area contributed by atoms with Crippen molar-refractivity contribution in [2.45, 2.75) is 26.9 Å². The number of methoxy groups -OCH3 is 1. The largest absolute Gasteiger partial charge is 0.411 e. The Morgan fingerprint density at radius 1 is 1.17 bits per heavy atom. The third-order valence-electron chi connectivity index (χ3n) is 2.68. The lowest BCUT2D eigenvalue weighted by molar-refractivity contribution is -0.178. The number of hydrogen-bond donors (Lipinski definition) is 1. The number of alkyl halides is 3. The van der Waals surface area contributed by atoms with E-state index in [9.17, 15) is 13.2 Å². The Morgan fingerprint density at radius 3 is 2.22 bits per heavy atom. The second-order valence-electron chi connectivity index (χ2n) is 5.39. The minimum atomic E-state index is -4.26. The quantitative estimate of drug-likeness (QED) is 0.688. The van der Waals surface area contributed by atoms with Crippen molar-refractivity contribution in [1.82, 2.24) is 5.32 Å². The molecule has 0 aliphatic rings. The Kier molecular flexibility index (Phi) is 7.82. The lowest BCUT2D eigenvalue weighted by Gasteiger charge is -2.31. The van der Waals surface area contributed by atoms with Gasteiger partial charge in [0.25, 0.3) is 0 Å². The molecule has 0 aromatic rings. The molecule has 0 heterocycles. The van der Waals surface area contributed by atoms with E-state index in [1.165, 1.54) is 0 Å². The maximum absolute atomic E-state index is 12.0. The maximum Gasteiger partial charge on any atom is 0.411 e. The van der Waals surface area contributed by atoms with E-state index in [0.717, 1.165) is 0 Å². The highest BCUT2D eigenvalue weighted by Crippen LogP contribution is 2.26. The Hall–Kier alpha value is -0.330. The summed E-state index contributed by atoms with van der Waals surface area (Å²) < 4.78 is 45.6. The molecule has 0 spiro atoms. The molecule has 6 heteroatoms. The molecule has 1 N–H and O–H groups in total. The third kappa shape index (κ3) is 9.67. The predicted octanol–water partition coefficient (Wildman–Crippen LogP) is 2.46. The lowest BCUT2D eigenvalue weighted by atomic mass is 9.81. The molecule has 0 fully saturated rings. The highest BCUT2D eigenvalue weighted by molar-refractivity contribution is 4.76. The molecule has 0 saturated heterocycles. The summed E-state index contributed by atoms with van der Waals surface area (Å²) >= 11 is 0. The SMILES string of the molecule is COCCNCC(COCC(F)(F)F)C(C)(C)C. The van der Waals surface area contributed by atoms with Crippen LogP contribution in [0.1, 0.15) is 20.8 Å². The summed E-state index contributed by atoms with van der Waals surface area (Å²) in [6.07, 6.45) is -4.26. The number of ether oxygens (including phenoxy) is 2. The molecule has 0 aliphatic carbocycles. The van der Waals surface area contributed by atoms with Crippen molar-refractivity contribution in [3.63, 3.8) is 0 Å². The van der Waals surface area contributed by atoms with Crippen LogP contribution in [-0.2, 0) is 9.47 Å². The second kappa shape index (κ2) is 7.96. The van der Waals surface area contributed by atoms with Gasteiger partial charge in [0.1, 0.15) is 6.61 Å². The first-order valence-electron chi connectivity index (χ1n) is 6.01. The van der Waals surface area contributed by atoms with E-state index in [4.69, 9.17) is 9.47 Å². The van der Waals surface area contributed by atoms with Crippen molar-refractivity contribution in [3.05, 3.63) is 0 Å². The van der Waals surface area contributed by atoms with Crippen LogP contribution in [-0.4, -0.2) is 46.2 Å². The minimum Gasteiger partial charge on any atom is -0.383 e. The Morgan fingerprint density at radius 2 is 1.78 bits per heavy atom. The van der Waals surface area contributed by atoms with E-state index < -0.39 is 12.8 Å². The van der Waals surface area contributed by atoms with E-state index in [1.807, 2.05) is 20.8 Å². The first-order chi connectivity index (χ1) is 8.17. The van der Waals surface area contributed by atoms with Gasteiger partial charge in [0.2, 0.25) is 0 Å². The molecule has 0 aromatic carbocycles. The van der Waals surface area contributed by atoms with E-state index in [1.54, 1.807) is 7.11 Å². The zero-order chi connectivity index (χ0) is 14.2. The summed E-state index contributed by atoms with van der Waals surface area (Å²) in [5.41, 5.74) is -0.105. The second-order valence-corrected chi connectivity index (χ2v) is 5.39. The van der Waals surface area contributed by atoms with Gasteiger partial charge in [-0.3, -0.25) is 0 Å². The molecule has 0 aliphatic heterocycles. The highest BCUT2D eigenvalue weighted by Gasteiger charge is 2.30. The van der Waals surface area contributed by atoms with Gasteiger partial charge in [-0.25, -0.2) is 0 Å². The van der Waals surface area contributed by atoms with Gasteiger partial charge in [-0.1, -0.05) is 20.8 Å². The van der Waals surface area contributed by atoms with Gasteiger partial charge in [-0.05, 0) is 11.3 Å². The van der Waals surface area contributed by atoms with Crippen LogP contribution >= 0.6 is 0 Å². The van der Waals surface area contributed by atoms with Crippen molar-refractivity contribution in [2.75, 3.05) is 40.0 Å². The van der Waals surface area contributed by atoms with Gasteiger partial charge >= 0.3 is 6.18 Å². The van der Waals surface area contributed by atoms with Crippen LogP contribution in [0.3, 0.4) is 0 Å². The van der Waals surface area contributed by atoms with Gasteiger partial charge in [0.15, 0.2) is 0 Å². The lowest BCUT2D eigenvalue weighted by Crippen LogP contribution is -2.37. The van der Waals surface area contributed by atoms with E-state index in [0.29, 0.717) is 19.7 Å². The normalized spacial score (nSPS) is 14.8. The maximum atomic E-state index is 12.0. The fourth-order valence-electron chi connectivity index (χ4n) is 1.38. The minimum absolute atomic E-state index is 0.0247. The van der Waals surface area contributed by atoms with Gasteiger partial charge in [0.05, 0.1) is 13.2 Å². The van der Waals surface area contributed by atoms with Crippen LogP contribution in [0.5, 0.6) is 0 Å². The molecular weight excluding hydrogens is 247 g/mol. The molecule has 0 aromatic heterocycles. The van der Waals surface area contributed by atoms with Gasteiger partial charge in [-0.15, -0.1) is 0 Å². The summed E-state index contributed by atoms with van der Waals surface area (Å²) in [4.78, 5) is 0. The van der Waals surface area contributed by atoms with Gasteiger partial charge < -0.3 is 14.8 Å². The van der Waals surface area contributed by atoms with E-state index >= 15 is 0 Å². The van der Waals surface area contributed by atoms with Crippen molar-refractivity contribution in [1.29, 1.82) is 0 Å². The van der Waals surface area contributed by atoms with Crippen molar-refractivity contribution >= 4 is 0 Å². The Bertz CT molecular complexity index is 214. The van der Waals surface area contributed by atoms with Crippen molar-refractivity contribution < 1.29 is 22.6 Å². The number of halogens is 3. The summed E-state index contributed by atoms with van der Waals surface area (Å²) in [6, 6.07) is 0. The molecule has 0 radical (unpaired) electrons. The van der Waals surface area contributed by atoms with Crippen LogP contribution in [0.4, 0.5) is 13.2 Å². The highest BCUT2D eigenvalue weighted by atomic mass is 19.4. The predicted molar refractivity (Wildman–Crippen MR) is 64.6 cm³/mol. The molecule has 1 unspecified atom stereocenters. The summed E-state index contributed by atoms with van der Waals surface area (Å²) in [6.45, 7) is 6.78. The fraction of sp³-hybridized carbons (Fsp3) is 1.00. The molecule has 3 nitrogen and oxygen atoms in total. The summed E-state index contributed by atoms with van der Waals surface area (Å²) in [7, 11) is 1.61. The summed E-state index contributed by atoms with van der Waals surface area (Å²) in [5, 5.41) is 3.15.